The standard InChI is InChI=1S/C17H18N4OS2/c1-12-8-13(2)21(20-12)16-6-5-14(9-18-16)19-17(22)11-23-10-15-4-3-7-24-15/h3-9H,10-11H2,1-2H3,(H,19,22). The lowest BCUT2D eigenvalue weighted by Crippen LogP contribution is -2.14. The molecule has 0 aliphatic rings. The van der Waals surface area contributed by atoms with Crippen LogP contribution in [-0.2, 0) is 10.5 Å². The molecule has 0 saturated carbocycles. The zero-order valence-corrected chi connectivity index (χ0v) is 15.2. The van der Waals surface area contributed by atoms with E-state index >= 15 is 0 Å². The number of aryl methyl sites for hydroxylation is 2. The number of amides is 1. The summed E-state index contributed by atoms with van der Waals surface area (Å²) < 4.78 is 1.79. The van der Waals surface area contributed by atoms with E-state index in [0.717, 1.165) is 23.0 Å². The van der Waals surface area contributed by atoms with Crippen LogP contribution < -0.4 is 5.32 Å². The van der Waals surface area contributed by atoms with Crippen molar-refractivity contribution in [3.05, 3.63) is 58.2 Å². The van der Waals surface area contributed by atoms with Crippen LogP contribution in [0.2, 0.25) is 0 Å². The van der Waals surface area contributed by atoms with Gasteiger partial charge in [-0.3, -0.25) is 4.79 Å². The van der Waals surface area contributed by atoms with Crippen LogP contribution in [-0.4, -0.2) is 26.4 Å². The van der Waals surface area contributed by atoms with E-state index in [1.165, 1.54) is 4.88 Å². The van der Waals surface area contributed by atoms with Crippen molar-refractivity contribution in [1.82, 2.24) is 14.8 Å². The number of rotatable bonds is 6. The first kappa shape index (κ1) is 16.7. The average Bonchev–Trinajstić information content (AvgIpc) is 3.18. The third-order valence-corrected chi connectivity index (χ3v) is 5.36. The van der Waals surface area contributed by atoms with Crippen LogP contribution in [0.3, 0.4) is 0 Å². The monoisotopic (exact) mass is 358 g/mol. The van der Waals surface area contributed by atoms with E-state index in [-0.39, 0.29) is 5.91 Å². The summed E-state index contributed by atoms with van der Waals surface area (Å²) in [4.78, 5) is 17.6. The molecule has 3 aromatic rings. The summed E-state index contributed by atoms with van der Waals surface area (Å²) >= 11 is 3.32. The molecule has 0 aliphatic carbocycles. The highest BCUT2D eigenvalue weighted by Gasteiger charge is 2.07. The van der Waals surface area contributed by atoms with E-state index in [2.05, 4.69) is 21.5 Å². The van der Waals surface area contributed by atoms with E-state index in [1.54, 1.807) is 34.0 Å². The molecule has 0 saturated heterocycles. The van der Waals surface area contributed by atoms with Gasteiger partial charge in [0.15, 0.2) is 5.82 Å². The molecule has 0 fully saturated rings. The molecule has 3 aromatic heterocycles. The molecule has 0 atom stereocenters. The number of aromatic nitrogens is 3. The van der Waals surface area contributed by atoms with Gasteiger partial charge in [0, 0.05) is 16.3 Å². The molecular weight excluding hydrogens is 340 g/mol. The quantitative estimate of drug-likeness (QED) is 0.728. The first-order chi connectivity index (χ1) is 11.6. The number of pyridine rings is 1. The molecule has 3 rings (SSSR count). The lowest BCUT2D eigenvalue weighted by atomic mass is 10.4. The number of nitrogens with one attached hydrogen (secondary N) is 1. The molecule has 0 spiro atoms. The molecule has 0 aliphatic heterocycles. The predicted molar refractivity (Wildman–Crippen MR) is 99.9 cm³/mol. The van der Waals surface area contributed by atoms with Gasteiger partial charge in [-0.05, 0) is 43.5 Å². The molecule has 0 radical (unpaired) electrons. The van der Waals surface area contributed by atoms with Gasteiger partial charge in [0.2, 0.25) is 5.91 Å². The summed E-state index contributed by atoms with van der Waals surface area (Å²) in [6.45, 7) is 3.94. The molecule has 124 valence electrons. The highest BCUT2D eigenvalue weighted by Crippen LogP contribution is 2.17. The molecule has 1 N–H and O–H groups in total. The summed E-state index contributed by atoms with van der Waals surface area (Å²) in [6.07, 6.45) is 1.66. The molecule has 1 amide bonds. The van der Waals surface area contributed by atoms with Crippen molar-refractivity contribution in [3.8, 4) is 5.82 Å². The second kappa shape index (κ2) is 7.63. The van der Waals surface area contributed by atoms with Gasteiger partial charge in [-0.15, -0.1) is 23.1 Å². The number of thiophene rings is 1. The Hall–Kier alpha value is -2.12. The number of anilines is 1. The first-order valence-corrected chi connectivity index (χ1v) is 9.55. The molecular formula is C17H18N4OS2. The van der Waals surface area contributed by atoms with Crippen LogP contribution in [0, 0.1) is 13.8 Å². The van der Waals surface area contributed by atoms with Crippen LogP contribution in [0.5, 0.6) is 0 Å². The largest absolute Gasteiger partial charge is 0.324 e. The minimum atomic E-state index is -0.0165. The number of nitrogens with zero attached hydrogens (tertiary/aromatic N) is 3. The third-order valence-electron chi connectivity index (χ3n) is 3.32. The van der Waals surface area contributed by atoms with Gasteiger partial charge in [-0.1, -0.05) is 6.07 Å². The van der Waals surface area contributed by atoms with Crippen molar-refractivity contribution < 1.29 is 4.79 Å². The Morgan fingerprint density at radius 3 is 2.83 bits per heavy atom. The minimum Gasteiger partial charge on any atom is -0.324 e. The maximum Gasteiger partial charge on any atom is 0.234 e. The van der Waals surface area contributed by atoms with Gasteiger partial charge >= 0.3 is 0 Å². The van der Waals surface area contributed by atoms with Gasteiger partial charge in [-0.2, -0.15) is 5.10 Å². The molecule has 24 heavy (non-hydrogen) atoms. The van der Waals surface area contributed by atoms with Crippen LogP contribution in [0.4, 0.5) is 5.69 Å². The van der Waals surface area contributed by atoms with Gasteiger partial charge in [0.05, 0.1) is 23.3 Å². The van der Waals surface area contributed by atoms with Crippen molar-refractivity contribution in [2.75, 3.05) is 11.1 Å². The van der Waals surface area contributed by atoms with Crippen LogP contribution in [0.1, 0.15) is 16.3 Å². The number of hydrogen-bond acceptors (Lipinski definition) is 5. The lowest BCUT2D eigenvalue weighted by Gasteiger charge is -2.07. The fourth-order valence-corrected chi connectivity index (χ4v) is 3.95. The molecule has 0 aromatic carbocycles. The molecule has 3 heterocycles. The van der Waals surface area contributed by atoms with Crippen molar-refractivity contribution in [1.29, 1.82) is 0 Å². The van der Waals surface area contributed by atoms with Gasteiger partial charge in [-0.25, -0.2) is 9.67 Å². The van der Waals surface area contributed by atoms with Crippen molar-refractivity contribution in [2.24, 2.45) is 0 Å². The predicted octanol–water partition coefficient (Wildman–Crippen LogP) is 3.82. The summed E-state index contributed by atoms with van der Waals surface area (Å²) in [7, 11) is 0. The van der Waals surface area contributed by atoms with Gasteiger partial charge in [0.25, 0.3) is 0 Å². The molecule has 0 unspecified atom stereocenters. The minimum absolute atomic E-state index is 0.0165. The summed E-state index contributed by atoms with van der Waals surface area (Å²) in [5.41, 5.74) is 2.68. The normalized spacial score (nSPS) is 10.8. The smallest absolute Gasteiger partial charge is 0.234 e. The topological polar surface area (TPSA) is 59.8 Å². The van der Waals surface area contributed by atoms with Gasteiger partial charge in [0.1, 0.15) is 0 Å². The Morgan fingerprint density at radius 2 is 2.21 bits per heavy atom. The Kier molecular flexibility index (Phi) is 5.32. The zero-order valence-electron chi connectivity index (χ0n) is 13.5. The van der Waals surface area contributed by atoms with Gasteiger partial charge < -0.3 is 5.32 Å². The van der Waals surface area contributed by atoms with E-state index in [4.69, 9.17) is 0 Å². The van der Waals surface area contributed by atoms with Crippen LogP contribution in [0.25, 0.3) is 5.82 Å². The van der Waals surface area contributed by atoms with Crippen molar-refractivity contribution in [3.63, 3.8) is 0 Å². The molecule has 7 heteroatoms. The first-order valence-electron chi connectivity index (χ1n) is 7.51. The fraction of sp³-hybridized carbons (Fsp3) is 0.235. The Morgan fingerprint density at radius 1 is 1.33 bits per heavy atom. The number of hydrogen-bond donors (Lipinski definition) is 1. The summed E-state index contributed by atoms with van der Waals surface area (Å²) in [5, 5.41) is 9.32. The van der Waals surface area contributed by atoms with Crippen LogP contribution >= 0.6 is 23.1 Å². The summed E-state index contributed by atoms with van der Waals surface area (Å²) in [6, 6.07) is 9.81. The van der Waals surface area contributed by atoms with E-state index in [9.17, 15) is 4.79 Å². The second-order valence-corrected chi connectivity index (χ2v) is 7.38. The maximum atomic E-state index is 12.0. The van der Waals surface area contributed by atoms with Crippen molar-refractivity contribution in [2.45, 2.75) is 19.6 Å². The summed E-state index contributed by atoms with van der Waals surface area (Å²) in [5.74, 6) is 2.01. The average molecular weight is 358 g/mol. The number of carbonyl (C=O) groups excluding carboxylic acids is 1. The zero-order chi connectivity index (χ0) is 16.9. The Labute approximate surface area is 149 Å². The lowest BCUT2D eigenvalue weighted by molar-refractivity contribution is -0.113. The fourth-order valence-electron chi connectivity index (χ4n) is 2.28. The van der Waals surface area contributed by atoms with Crippen molar-refractivity contribution >= 4 is 34.7 Å². The van der Waals surface area contributed by atoms with E-state index in [1.807, 2.05) is 43.5 Å². The second-order valence-electron chi connectivity index (χ2n) is 5.36. The highest BCUT2D eigenvalue weighted by molar-refractivity contribution is 7.99. The Bertz CT molecular complexity index is 810. The van der Waals surface area contributed by atoms with E-state index < -0.39 is 0 Å². The van der Waals surface area contributed by atoms with E-state index in [0.29, 0.717) is 11.4 Å². The van der Waals surface area contributed by atoms with Crippen LogP contribution in [0.15, 0.2) is 41.9 Å². The molecule has 5 nitrogen and oxygen atoms in total. The number of carbonyl (C=O) groups is 1. The maximum absolute atomic E-state index is 12.0. The Balaban J connectivity index is 1.54. The highest BCUT2D eigenvalue weighted by atomic mass is 32.2. The third kappa shape index (κ3) is 4.24. The molecule has 0 bridgehead atoms. The number of thioether (sulfide) groups is 1. The SMILES string of the molecule is Cc1cc(C)n(-c2ccc(NC(=O)CSCc3cccs3)cn2)n1.